The third-order valence-corrected chi connectivity index (χ3v) is 7.29. The number of carbonyl (C=O) groups is 1. The number of piperazine rings is 1. The lowest BCUT2D eigenvalue weighted by Gasteiger charge is -2.33. The van der Waals surface area contributed by atoms with E-state index in [1.165, 1.54) is 16.1 Å². The van der Waals surface area contributed by atoms with Gasteiger partial charge in [0.05, 0.1) is 10.6 Å². The molecule has 4 rings (SSSR count). The van der Waals surface area contributed by atoms with Gasteiger partial charge in [-0.3, -0.25) is 4.79 Å². The number of thioether (sulfide) groups is 1. The zero-order valence-corrected chi connectivity index (χ0v) is 16.7. The lowest BCUT2D eigenvalue weighted by atomic mass is 10.3. The predicted molar refractivity (Wildman–Crippen MR) is 107 cm³/mol. The molecule has 7 nitrogen and oxygen atoms in total. The Morgan fingerprint density at radius 1 is 1.00 bits per heavy atom. The molecule has 28 heavy (non-hydrogen) atoms. The van der Waals surface area contributed by atoms with E-state index < -0.39 is 10.0 Å². The Labute approximate surface area is 167 Å². The summed E-state index contributed by atoms with van der Waals surface area (Å²) in [6.45, 7) is 1.32. The Kier molecular flexibility index (Phi) is 5.38. The van der Waals surface area contributed by atoms with E-state index in [-0.39, 0.29) is 29.6 Å². The number of rotatable bonds is 5. The van der Waals surface area contributed by atoms with Crippen LogP contribution in [-0.2, 0) is 14.8 Å². The molecule has 3 aromatic rings. The summed E-state index contributed by atoms with van der Waals surface area (Å²) in [6.07, 6.45) is 0. The summed E-state index contributed by atoms with van der Waals surface area (Å²) in [7, 11) is -3.52. The van der Waals surface area contributed by atoms with Crippen molar-refractivity contribution >= 4 is 38.8 Å². The molecule has 2 aromatic carbocycles. The summed E-state index contributed by atoms with van der Waals surface area (Å²) in [5.74, 6) is 0.155. The second kappa shape index (κ2) is 7.94. The van der Waals surface area contributed by atoms with Crippen molar-refractivity contribution in [2.75, 3.05) is 31.9 Å². The van der Waals surface area contributed by atoms with Crippen molar-refractivity contribution < 1.29 is 17.6 Å². The highest BCUT2D eigenvalue weighted by atomic mass is 32.2. The van der Waals surface area contributed by atoms with Gasteiger partial charge in [0.1, 0.15) is 5.52 Å². The number of fused-ring (bicyclic) bond motifs is 1. The molecule has 1 fully saturated rings. The smallest absolute Gasteiger partial charge is 0.257 e. The monoisotopic (exact) mass is 417 g/mol. The Morgan fingerprint density at radius 2 is 1.68 bits per heavy atom. The van der Waals surface area contributed by atoms with E-state index in [0.717, 1.165) is 5.52 Å². The van der Waals surface area contributed by atoms with Crippen molar-refractivity contribution in [1.82, 2.24) is 14.2 Å². The van der Waals surface area contributed by atoms with Crippen LogP contribution in [-0.4, -0.2) is 60.4 Å². The van der Waals surface area contributed by atoms with Gasteiger partial charge in [0.25, 0.3) is 5.22 Å². The second-order valence-corrected chi connectivity index (χ2v) is 9.20. The molecule has 0 bridgehead atoms. The van der Waals surface area contributed by atoms with E-state index in [2.05, 4.69) is 4.98 Å². The van der Waals surface area contributed by atoms with Crippen LogP contribution in [0.25, 0.3) is 11.1 Å². The molecule has 0 aliphatic carbocycles. The number of nitrogens with zero attached hydrogens (tertiary/aromatic N) is 3. The molecule has 146 valence electrons. The number of sulfonamides is 1. The highest BCUT2D eigenvalue weighted by Crippen LogP contribution is 2.24. The molecule has 9 heteroatoms. The fourth-order valence-electron chi connectivity index (χ4n) is 3.05. The van der Waals surface area contributed by atoms with Gasteiger partial charge in [0, 0.05) is 26.2 Å². The van der Waals surface area contributed by atoms with Crippen molar-refractivity contribution in [1.29, 1.82) is 0 Å². The molecule has 1 aliphatic rings. The Bertz CT molecular complexity index is 1040. The molecule has 0 saturated carbocycles. The molecule has 0 N–H and O–H groups in total. The van der Waals surface area contributed by atoms with E-state index >= 15 is 0 Å². The zero-order valence-electron chi connectivity index (χ0n) is 15.0. The first-order valence-corrected chi connectivity index (χ1v) is 11.3. The number of carbonyl (C=O) groups excluding carboxylic acids is 1. The number of benzene rings is 2. The number of oxazole rings is 1. The third-order valence-electron chi connectivity index (χ3n) is 4.57. The predicted octanol–water partition coefficient (Wildman–Crippen LogP) is 2.45. The van der Waals surface area contributed by atoms with Crippen LogP contribution in [0.2, 0.25) is 0 Å². The number of hydrogen-bond donors (Lipinski definition) is 0. The summed E-state index contributed by atoms with van der Waals surface area (Å²) in [5.41, 5.74) is 1.45. The Hall–Kier alpha value is -2.36. The molecule has 1 aliphatic heterocycles. The van der Waals surface area contributed by atoms with Crippen LogP contribution in [0, 0.1) is 0 Å². The standard InChI is InChI=1S/C19H19N3O4S2/c23-18(14-27-19-20-16-8-4-5-9-17(16)26-19)21-10-12-22(13-11-21)28(24,25)15-6-2-1-3-7-15/h1-9H,10-14H2. The van der Waals surface area contributed by atoms with Crippen LogP contribution < -0.4 is 0 Å². The van der Waals surface area contributed by atoms with E-state index in [0.29, 0.717) is 23.9 Å². The van der Waals surface area contributed by atoms with Gasteiger partial charge in [0.15, 0.2) is 5.58 Å². The topological polar surface area (TPSA) is 83.7 Å². The minimum Gasteiger partial charge on any atom is -0.431 e. The average molecular weight is 418 g/mol. The highest BCUT2D eigenvalue weighted by molar-refractivity contribution is 7.99. The first-order valence-electron chi connectivity index (χ1n) is 8.85. The highest BCUT2D eigenvalue weighted by Gasteiger charge is 2.30. The minimum absolute atomic E-state index is 0.0518. The maximum atomic E-state index is 12.7. The first kappa shape index (κ1) is 19.0. The fourth-order valence-corrected chi connectivity index (χ4v) is 5.23. The number of hydrogen-bond acceptors (Lipinski definition) is 6. The number of aromatic nitrogens is 1. The van der Waals surface area contributed by atoms with Crippen LogP contribution in [0.3, 0.4) is 0 Å². The van der Waals surface area contributed by atoms with Gasteiger partial charge >= 0.3 is 0 Å². The lowest BCUT2D eigenvalue weighted by molar-refractivity contribution is -0.129. The normalized spacial score (nSPS) is 15.8. The zero-order chi connectivity index (χ0) is 19.6. The maximum Gasteiger partial charge on any atom is 0.257 e. The van der Waals surface area contributed by atoms with Gasteiger partial charge in [-0.2, -0.15) is 4.31 Å². The van der Waals surface area contributed by atoms with Gasteiger partial charge in [-0.25, -0.2) is 13.4 Å². The van der Waals surface area contributed by atoms with Crippen molar-refractivity contribution in [3.8, 4) is 0 Å². The van der Waals surface area contributed by atoms with Gasteiger partial charge in [-0.1, -0.05) is 42.1 Å². The van der Waals surface area contributed by atoms with E-state index in [9.17, 15) is 13.2 Å². The Morgan fingerprint density at radius 3 is 2.39 bits per heavy atom. The largest absolute Gasteiger partial charge is 0.431 e. The van der Waals surface area contributed by atoms with Crippen LogP contribution in [0.1, 0.15) is 0 Å². The summed E-state index contributed by atoms with van der Waals surface area (Å²) in [6, 6.07) is 15.8. The Balaban J connectivity index is 1.32. The molecule has 0 atom stereocenters. The molecular weight excluding hydrogens is 398 g/mol. The fraction of sp³-hybridized carbons (Fsp3) is 0.263. The molecule has 1 amide bonds. The summed E-state index contributed by atoms with van der Waals surface area (Å²) >= 11 is 1.25. The molecule has 0 spiro atoms. The lowest BCUT2D eigenvalue weighted by Crippen LogP contribution is -2.50. The molecule has 0 unspecified atom stereocenters. The van der Waals surface area contributed by atoms with Gasteiger partial charge in [0.2, 0.25) is 15.9 Å². The van der Waals surface area contributed by atoms with Crippen LogP contribution in [0.15, 0.2) is 69.1 Å². The van der Waals surface area contributed by atoms with Crippen molar-refractivity contribution in [2.45, 2.75) is 10.1 Å². The SMILES string of the molecule is O=C(CSc1nc2ccccc2o1)N1CCN(S(=O)(=O)c2ccccc2)CC1. The average Bonchev–Trinajstić information content (AvgIpc) is 3.16. The van der Waals surface area contributed by atoms with E-state index in [1.54, 1.807) is 35.2 Å². The first-order chi connectivity index (χ1) is 13.5. The number of amides is 1. The van der Waals surface area contributed by atoms with Gasteiger partial charge in [-0.05, 0) is 24.3 Å². The van der Waals surface area contributed by atoms with Crippen molar-refractivity contribution in [3.63, 3.8) is 0 Å². The van der Waals surface area contributed by atoms with Crippen molar-refractivity contribution in [2.24, 2.45) is 0 Å². The van der Waals surface area contributed by atoms with Crippen LogP contribution in [0.4, 0.5) is 0 Å². The summed E-state index contributed by atoms with van der Waals surface area (Å²) in [4.78, 5) is 18.8. The van der Waals surface area contributed by atoms with E-state index in [4.69, 9.17) is 4.42 Å². The quantitative estimate of drug-likeness (QED) is 0.593. The molecule has 1 saturated heterocycles. The second-order valence-electron chi connectivity index (χ2n) is 6.33. The van der Waals surface area contributed by atoms with Crippen molar-refractivity contribution in [3.05, 3.63) is 54.6 Å². The maximum absolute atomic E-state index is 12.7. The van der Waals surface area contributed by atoms with Gasteiger partial charge in [-0.15, -0.1) is 0 Å². The molecule has 1 aromatic heterocycles. The molecule has 2 heterocycles. The number of para-hydroxylation sites is 2. The third kappa shape index (κ3) is 3.91. The molecular formula is C19H19N3O4S2. The minimum atomic E-state index is -3.52. The summed E-state index contributed by atoms with van der Waals surface area (Å²) < 4.78 is 32.4. The van der Waals surface area contributed by atoms with E-state index in [1.807, 2.05) is 24.3 Å². The summed E-state index contributed by atoms with van der Waals surface area (Å²) in [5, 5.41) is 0.458. The van der Waals surface area contributed by atoms with Gasteiger partial charge < -0.3 is 9.32 Å². The van der Waals surface area contributed by atoms with Crippen LogP contribution >= 0.6 is 11.8 Å². The van der Waals surface area contributed by atoms with Crippen LogP contribution in [0.5, 0.6) is 0 Å². The molecule has 0 radical (unpaired) electrons.